The van der Waals surface area contributed by atoms with E-state index in [1.54, 1.807) is 13.8 Å². The molecule has 1 fully saturated rings. The molecular weight excluding hydrogens is 488 g/mol. The first-order valence-electron chi connectivity index (χ1n) is 13.3. The van der Waals surface area contributed by atoms with Crippen molar-refractivity contribution in [3.63, 3.8) is 0 Å². The van der Waals surface area contributed by atoms with Gasteiger partial charge in [-0.15, -0.1) is 0 Å². The summed E-state index contributed by atoms with van der Waals surface area (Å²) in [6, 6.07) is 1.91. The van der Waals surface area contributed by atoms with Crippen LogP contribution in [0.5, 0.6) is 5.75 Å². The smallest absolute Gasteiger partial charge is 0.255 e. The molecule has 9 heteroatoms. The lowest BCUT2D eigenvalue weighted by Gasteiger charge is -2.50. The average Bonchev–Trinajstić information content (AvgIpc) is 2.82. The zero-order valence-corrected chi connectivity index (χ0v) is 22.6. The predicted molar refractivity (Wildman–Crippen MR) is 141 cm³/mol. The number of amides is 1. The first kappa shape index (κ1) is 27.9. The number of aliphatic hydroxyl groups is 3. The van der Waals surface area contributed by atoms with Crippen LogP contribution in [-0.2, 0) is 33.8 Å². The van der Waals surface area contributed by atoms with Gasteiger partial charge in [0, 0.05) is 29.5 Å². The molecule has 0 aliphatic heterocycles. The number of hydrogen-bond acceptors (Lipinski definition) is 8. The Hall–Kier alpha value is -3.17. The van der Waals surface area contributed by atoms with E-state index >= 15 is 0 Å². The van der Waals surface area contributed by atoms with Crippen LogP contribution in [-0.4, -0.2) is 50.0 Å². The summed E-state index contributed by atoms with van der Waals surface area (Å²) in [6.45, 7) is 10.7. The Morgan fingerprint density at radius 1 is 1.16 bits per heavy atom. The summed E-state index contributed by atoms with van der Waals surface area (Å²) < 4.78 is 0. The van der Waals surface area contributed by atoms with Crippen LogP contribution in [0, 0.1) is 29.6 Å². The van der Waals surface area contributed by atoms with Crippen molar-refractivity contribution in [2.75, 3.05) is 6.54 Å². The van der Waals surface area contributed by atoms with Crippen molar-refractivity contribution in [3.8, 4) is 5.75 Å². The molecule has 206 valence electrons. The molecule has 1 amide bonds. The van der Waals surface area contributed by atoms with Gasteiger partial charge in [-0.25, -0.2) is 0 Å². The molecule has 0 saturated heterocycles. The van der Waals surface area contributed by atoms with Gasteiger partial charge in [-0.3, -0.25) is 14.4 Å². The van der Waals surface area contributed by atoms with E-state index in [4.69, 9.17) is 5.73 Å². The zero-order valence-electron chi connectivity index (χ0n) is 22.6. The molecule has 1 saturated carbocycles. The van der Waals surface area contributed by atoms with Crippen LogP contribution < -0.4 is 11.1 Å². The lowest BCUT2D eigenvalue weighted by Crippen LogP contribution is -2.62. The number of ketones is 2. The molecule has 0 radical (unpaired) electrons. The largest absolute Gasteiger partial charge is 0.508 e. The minimum atomic E-state index is -2.59. The van der Waals surface area contributed by atoms with Gasteiger partial charge in [0.2, 0.25) is 5.78 Å². The fraction of sp³-hybridized carbons (Fsp3) is 0.552. The Balaban J connectivity index is 1.91. The van der Waals surface area contributed by atoms with E-state index < -0.39 is 57.9 Å². The molecule has 4 atom stereocenters. The monoisotopic (exact) mass is 526 g/mol. The van der Waals surface area contributed by atoms with Crippen molar-refractivity contribution in [2.45, 2.75) is 66.0 Å². The molecular formula is C29H38N2O7. The van der Waals surface area contributed by atoms with E-state index in [0.29, 0.717) is 30.9 Å². The molecule has 1 aromatic carbocycles. The Morgan fingerprint density at radius 3 is 2.37 bits per heavy atom. The molecule has 4 rings (SSSR count). The van der Waals surface area contributed by atoms with Crippen LogP contribution in [0.25, 0.3) is 5.76 Å². The third-order valence-corrected chi connectivity index (χ3v) is 8.39. The Kier molecular flexibility index (Phi) is 7.22. The van der Waals surface area contributed by atoms with Crippen LogP contribution >= 0.6 is 0 Å². The highest BCUT2D eigenvalue weighted by Crippen LogP contribution is 2.55. The number of nitrogens with two attached hydrogens (primary N) is 1. The van der Waals surface area contributed by atoms with Crippen LogP contribution in [0.3, 0.4) is 0 Å². The van der Waals surface area contributed by atoms with E-state index in [1.807, 2.05) is 13.0 Å². The molecule has 3 aliphatic rings. The fourth-order valence-corrected chi connectivity index (χ4v) is 6.64. The van der Waals surface area contributed by atoms with E-state index in [-0.39, 0.29) is 29.2 Å². The van der Waals surface area contributed by atoms with Crippen molar-refractivity contribution < 1.29 is 34.8 Å². The first-order chi connectivity index (χ1) is 17.8. The number of phenols is 1. The lowest BCUT2D eigenvalue weighted by atomic mass is 9.54. The van der Waals surface area contributed by atoms with Gasteiger partial charge >= 0.3 is 0 Å². The molecule has 3 aliphatic carbocycles. The van der Waals surface area contributed by atoms with Gasteiger partial charge in [-0.1, -0.05) is 40.7 Å². The number of hydrogen-bond donors (Lipinski definition) is 6. The van der Waals surface area contributed by atoms with Crippen LogP contribution in [0.1, 0.15) is 63.3 Å². The quantitative estimate of drug-likeness (QED) is 0.294. The molecule has 7 N–H and O–H groups in total. The van der Waals surface area contributed by atoms with Gasteiger partial charge in [0.15, 0.2) is 11.4 Å². The summed E-state index contributed by atoms with van der Waals surface area (Å²) in [4.78, 5) is 39.3. The highest BCUT2D eigenvalue weighted by atomic mass is 16.3. The van der Waals surface area contributed by atoms with Gasteiger partial charge in [0.1, 0.15) is 22.8 Å². The maximum absolute atomic E-state index is 14.0. The van der Waals surface area contributed by atoms with E-state index in [0.717, 1.165) is 17.7 Å². The van der Waals surface area contributed by atoms with E-state index in [9.17, 15) is 34.8 Å². The second-order valence-electron chi connectivity index (χ2n) is 11.6. The number of nitrogens with one attached hydrogen (secondary N) is 1. The average molecular weight is 527 g/mol. The summed E-state index contributed by atoms with van der Waals surface area (Å²) in [6.07, 6.45) is 1.07. The van der Waals surface area contributed by atoms with Gasteiger partial charge < -0.3 is 31.5 Å². The Labute approximate surface area is 222 Å². The van der Waals surface area contributed by atoms with Gasteiger partial charge in [0.25, 0.3) is 5.91 Å². The van der Waals surface area contributed by atoms with Crippen molar-refractivity contribution in [3.05, 3.63) is 45.2 Å². The second-order valence-corrected chi connectivity index (χ2v) is 11.6. The minimum Gasteiger partial charge on any atom is -0.508 e. The Bertz CT molecular complexity index is 1280. The van der Waals surface area contributed by atoms with Gasteiger partial charge in [-0.2, -0.15) is 0 Å². The zero-order chi connectivity index (χ0) is 28.3. The number of carbonyl (C=O) groups is 3. The third-order valence-electron chi connectivity index (χ3n) is 8.39. The number of benzene rings is 1. The van der Waals surface area contributed by atoms with Crippen LogP contribution in [0.2, 0.25) is 0 Å². The molecule has 0 heterocycles. The number of aliphatic hydroxyl groups excluding tert-OH is 2. The summed E-state index contributed by atoms with van der Waals surface area (Å²) >= 11 is 0. The van der Waals surface area contributed by atoms with Crippen molar-refractivity contribution in [1.29, 1.82) is 0 Å². The maximum atomic E-state index is 14.0. The lowest BCUT2D eigenvalue weighted by molar-refractivity contribution is -0.155. The number of phenolic OH excluding ortho intramolecular Hbond substituents is 1. The van der Waals surface area contributed by atoms with Gasteiger partial charge in [-0.05, 0) is 54.7 Å². The summed E-state index contributed by atoms with van der Waals surface area (Å²) in [5.74, 6) is -6.99. The van der Waals surface area contributed by atoms with Crippen molar-refractivity contribution in [2.24, 2.45) is 35.3 Å². The second kappa shape index (κ2) is 9.85. The number of rotatable bonds is 7. The predicted octanol–water partition coefficient (Wildman–Crippen LogP) is 2.61. The highest BCUT2D eigenvalue weighted by Gasteiger charge is 2.64. The van der Waals surface area contributed by atoms with Crippen molar-refractivity contribution >= 4 is 23.2 Å². The first-order valence-corrected chi connectivity index (χ1v) is 13.3. The number of Topliss-reactive ketones (excluding diaryl/α,β-unsaturated/α-hetero) is 2. The van der Waals surface area contributed by atoms with Crippen molar-refractivity contribution in [1.82, 2.24) is 5.32 Å². The summed E-state index contributed by atoms with van der Waals surface area (Å²) in [5, 5.41) is 48.7. The number of aryl methyl sites for hydroxylation is 1. The van der Waals surface area contributed by atoms with E-state index in [1.165, 1.54) is 0 Å². The Morgan fingerprint density at radius 2 is 1.82 bits per heavy atom. The molecule has 9 nitrogen and oxygen atoms in total. The fourth-order valence-electron chi connectivity index (χ4n) is 6.64. The highest BCUT2D eigenvalue weighted by molar-refractivity contribution is 6.23. The van der Waals surface area contributed by atoms with E-state index in [2.05, 4.69) is 19.2 Å². The molecule has 1 aromatic rings. The van der Waals surface area contributed by atoms with Crippen LogP contribution in [0.4, 0.5) is 0 Å². The summed E-state index contributed by atoms with van der Waals surface area (Å²) in [5.41, 5.74) is 4.28. The number of carbonyl (C=O) groups excluding carboxylic acids is 3. The maximum Gasteiger partial charge on any atom is 0.255 e. The third kappa shape index (κ3) is 4.03. The van der Waals surface area contributed by atoms with Crippen LogP contribution in [0.15, 0.2) is 23.0 Å². The molecule has 0 unspecified atom stereocenters. The summed E-state index contributed by atoms with van der Waals surface area (Å²) in [7, 11) is 0. The molecule has 0 spiro atoms. The standard InChI is InChI=1S/C29H38N2O7/c1-6-14-7-16(11-31-10-12(2)3)23(32)21-17(14)8-15-9-18-19(13(4)5)24(33)22(28(30)37)27(36)29(18,38)26(35)20(15)25(21)34/h7,12-13,15,18-19,31-32,34,36,38H,6,8-11H2,1-5H3,(H2,30,37)/t15-,18-,19-,29-/m0/s1. The molecule has 0 bridgehead atoms. The molecule has 38 heavy (non-hydrogen) atoms. The topological polar surface area (TPSA) is 170 Å². The van der Waals surface area contributed by atoms with Gasteiger partial charge in [0.05, 0.1) is 5.56 Å². The normalized spacial score (nSPS) is 27.1. The number of primary amides is 1. The number of fused-ring (bicyclic) bond motifs is 3. The molecule has 0 aromatic heterocycles. The SMILES string of the molecule is CCc1cc(CNCC(C)C)c(O)c2c1C[C@H]1C[C@H]3[C@H](C(C)C)C(=O)C(C(N)=O)=C(O)[C@@]3(O)C(=O)C1=C2O. The minimum absolute atomic E-state index is 0.117. The number of aromatic hydroxyl groups is 1.